The smallest absolute Gasteiger partial charge is 0.146 e. The van der Waals surface area contributed by atoms with E-state index in [2.05, 4.69) is 34.5 Å². The molecule has 2 nitrogen and oxygen atoms in total. The zero-order valence-corrected chi connectivity index (χ0v) is 12.3. The summed E-state index contributed by atoms with van der Waals surface area (Å²) < 4.78 is 14.3. The molecule has 0 aliphatic carbocycles. The number of hydrogen-bond donors (Lipinski definition) is 1. The minimum absolute atomic E-state index is 0.114. The van der Waals surface area contributed by atoms with E-state index in [1.807, 2.05) is 25.2 Å². The van der Waals surface area contributed by atoms with E-state index in [0.29, 0.717) is 12.5 Å². The van der Waals surface area contributed by atoms with Crippen LogP contribution in [0.5, 0.6) is 0 Å². The van der Waals surface area contributed by atoms with Crippen molar-refractivity contribution in [3.05, 3.63) is 65.5 Å². The maximum Gasteiger partial charge on any atom is 0.146 e. The molecule has 0 amide bonds. The average Bonchev–Trinajstić information content (AvgIpc) is 2.98. The van der Waals surface area contributed by atoms with Crippen molar-refractivity contribution >= 4 is 5.69 Å². The van der Waals surface area contributed by atoms with Crippen molar-refractivity contribution in [2.24, 2.45) is 0 Å². The Hall–Kier alpha value is -1.87. The van der Waals surface area contributed by atoms with Gasteiger partial charge in [0.25, 0.3) is 0 Å². The Morgan fingerprint density at radius 3 is 2.71 bits per heavy atom. The number of rotatable bonds is 4. The molecule has 1 aliphatic heterocycles. The normalized spacial score (nSPS) is 18.2. The van der Waals surface area contributed by atoms with Crippen LogP contribution >= 0.6 is 0 Å². The lowest BCUT2D eigenvalue weighted by Gasteiger charge is -2.20. The van der Waals surface area contributed by atoms with Gasteiger partial charge in [0.1, 0.15) is 5.82 Å². The maximum absolute atomic E-state index is 14.3. The molecular weight excluding hydrogens is 263 g/mol. The molecule has 3 heteroatoms. The summed E-state index contributed by atoms with van der Waals surface area (Å²) in [7, 11) is 1.87. The Morgan fingerprint density at radius 2 is 2.00 bits per heavy atom. The van der Waals surface area contributed by atoms with Gasteiger partial charge in [0.2, 0.25) is 0 Å². The molecule has 0 bridgehead atoms. The van der Waals surface area contributed by atoms with E-state index in [0.717, 1.165) is 30.8 Å². The number of hydrogen-bond acceptors (Lipinski definition) is 2. The Kier molecular flexibility index (Phi) is 4.20. The lowest BCUT2D eigenvalue weighted by Crippen LogP contribution is -2.20. The summed E-state index contributed by atoms with van der Waals surface area (Å²) in [5, 5.41) is 3.05. The summed E-state index contributed by atoms with van der Waals surface area (Å²) in [6.07, 6.45) is 1.09. The molecule has 1 aliphatic rings. The van der Waals surface area contributed by atoms with Crippen LogP contribution in [0.25, 0.3) is 0 Å². The second kappa shape index (κ2) is 6.27. The van der Waals surface area contributed by atoms with Crippen molar-refractivity contribution in [1.82, 2.24) is 5.32 Å². The van der Waals surface area contributed by atoms with Crippen molar-refractivity contribution in [3.63, 3.8) is 0 Å². The summed E-state index contributed by atoms with van der Waals surface area (Å²) >= 11 is 0. The van der Waals surface area contributed by atoms with Crippen molar-refractivity contribution in [2.75, 3.05) is 25.0 Å². The van der Waals surface area contributed by atoms with Crippen molar-refractivity contribution in [2.45, 2.75) is 18.9 Å². The summed E-state index contributed by atoms with van der Waals surface area (Å²) in [5.41, 5.74) is 3.07. The second-order valence-corrected chi connectivity index (χ2v) is 5.66. The highest BCUT2D eigenvalue weighted by Gasteiger charge is 2.25. The predicted octanol–water partition coefficient (Wildman–Crippen LogP) is 3.54. The van der Waals surface area contributed by atoms with Gasteiger partial charge < -0.3 is 10.2 Å². The van der Waals surface area contributed by atoms with Crippen LogP contribution in [0, 0.1) is 5.82 Å². The van der Waals surface area contributed by atoms with E-state index in [4.69, 9.17) is 0 Å². The average molecular weight is 284 g/mol. The van der Waals surface area contributed by atoms with E-state index in [-0.39, 0.29) is 5.82 Å². The monoisotopic (exact) mass is 284 g/mol. The van der Waals surface area contributed by atoms with Gasteiger partial charge in [-0.3, -0.25) is 0 Å². The molecule has 1 unspecified atom stereocenters. The molecule has 21 heavy (non-hydrogen) atoms. The SMILES string of the molecule is CNCc1ccc(N2CCC(c3ccccc3)C2)c(F)c1. The van der Waals surface area contributed by atoms with Crippen molar-refractivity contribution < 1.29 is 4.39 Å². The third kappa shape index (κ3) is 3.08. The zero-order valence-electron chi connectivity index (χ0n) is 12.3. The van der Waals surface area contributed by atoms with Gasteiger partial charge in [-0.15, -0.1) is 0 Å². The summed E-state index contributed by atoms with van der Waals surface area (Å²) in [6.45, 7) is 2.51. The lowest BCUT2D eigenvalue weighted by molar-refractivity contribution is 0.618. The number of anilines is 1. The quantitative estimate of drug-likeness (QED) is 0.924. The van der Waals surface area contributed by atoms with Crippen LogP contribution in [0.1, 0.15) is 23.5 Å². The Labute approximate surface area is 125 Å². The largest absolute Gasteiger partial charge is 0.369 e. The third-order valence-electron chi connectivity index (χ3n) is 4.19. The summed E-state index contributed by atoms with van der Waals surface area (Å²) in [4.78, 5) is 2.16. The van der Waals surface area contributed by atoms with Crippen LogP contribution in [-0.4, -0.2) is 20.1 Å². The minimum Gasteiger partial charge on any atom is -0.369 e. The number of benzene rings is 2. The van der Waals surface area contributed by atoms with E-state index >= 15 is 0 Å². The zero-order chi connectivity index (χ0) is 14.7. The molecule has 110 valence electrons. The van der Waals surface area contributed by atoms with Crippen molar-refractivity contribution in [3.8, 4) is 0 Å². The lowest BCUT2D eigenvalue weighted by atomic mass is 9.99. The first-order chi connectivity index (χ1) is 10.3. The van der Waals surface area contributed by atoms with Crippen LogP contribution in [0.4, 0.5) is 10.1 Å². The van der Waals surface area contributed by atoms with E-state index < -0.39 is 0 Å². The number of halogens is 1. The summed E-state index contributed by atoms with van der Waals surface area (Å²) in [5.74, 6) is 0.388. The minimum atomic E-state index is -0.114. The molecule has 2 aromatic rings. The highest BCUT2D eigenvalue weighted by Crippen LogP contribution is 2.32. The van der Waals surface area contributed by atoms with Crippen LogP contribution < -0.4 is 10.2 Å². The van der Waals surface area contributed by atoms with Gasteiger partial charge in [-0.2, -0.15) is 0 Å². The fourth-order valence-corrected chi connectivity index (χ4v) is 3.10. The first kappa shape index (κ1) is 14.1. The molecule has 1 N–H and O–H groups in total. The topological polar surface area (TPSA) is 15.3 Å². The third-order valence-corrected chi connectivity index (χ3v) is 4.19. The first-order valence-corrected chi connectivity index (χ1v) is 7.51. The van der Waals surface area contributed by atoms with Crippen LogP contribution in [0.15, 0.2) is 48.5 Å². The molecule has 1 atom stereocenters. The van der Waals surface area contributed by atoms with Gasteiger partial charge in [-0.05, 0) is 36.7 Å². The molecule has 3 rings (SSSR count). The molecular formula is C18H21FN2. The molecule has 2 aromatic carbocycles. The number of nitrogens with zero attached hydrogens (tertiary/aromatic N) is 1. The van der Waals surface area contributed by atoms with Gasteiger partial charge >= 0.3 is 0 Å². The van der Waals surface area contributed by atoms with Crippen LogP contribution in [-0.2, 0) is 6.54 Å². The highest BCUT2D eigenvalue weighted by molar-refractivity contribution is 5.51. The Bertz CT molecular complexity index is 597. The second-order valence-electron chi connectivity index (χ2n) is 5.66. The fourth-order valence-electron chi connectivity index (χ4n) is 3.10. The highest BCUT2D eigenvalue weighted by atomic mass is 19.1. The molecule has 0 spiro atoms. The first-order valence-electron chi connectivity index (χ1n) is 7.51. The molecule has 1 fully saturated rings. The maximum atomic E-state index is 14.3. The van der Waals surface area contributed by atoms with Gasteiger partial charge in [0, 0.05) is 25.6 Å². The van der Waals surface area contributed by atoms with E-state index in [1.165, 1.54) is 5.56 Å². The van der Waals surface area contributed by atoms with Gasteiger partial charge in [-0.1, -0.05) is 36.4 Å². The fraction of sp³-hybridized carbons (Fsp3) is 0.333. The van der Waals surface area contributed by atoms with Crippen molar-refractivity contribution in [1.29, 1.82) is 0 Å². The molecule has 0 radical (unpaired) electrons. The molecule has 0 aromatic heterocycles. The molecule has 0 saturated carbocycles. The van der Waals surface area contributed by atoms with Gasteiger partial charge in [0.15, 0.2) is 0 Å². The summed E-state index contributed by atoms with van der Waals surface area (Å²) in [6, 6.07) is 16.1. The standard InChI is InChI=1S/C18H21FN2/c1-20-12-14-7-8-18(17(19)11-14)21-10-9-16(13-21)15-5-3-2-4-6-15/h2-8,11,16,20H,9-10,12-13H2,1H3. The van der Waals surface area contributed by atoms with Crippen LogP contribution in [0.2, 0.25) is 0 Å². The predicted molar refractivity (Wildman–Crippen MR) is 85.2 cm³/mol. The Balaban J connectivity index is 1.74. The molecule has 1 saturated heterocycles. The van der Waals surface area contributed by atoms with E-state index in [1.54, 1.807) is 6.07 Å². The van der Waals surface area contributed by atoms with E-state index in [9.17, 15) is 4.39 Å². The Morgan fingerprint density at radius 1 is 1.19 bits per heavy atom. The number of nitrogens with one attached hydrogen (secondary N) is 1. The van der Waals surface area contributed by atoms with Gasteiger partial charge in [0.05, 0.1) is 5.69 Å². The molecule has 1 heterocycles. The van der Waals surface area contributed by atoms with Crippen LogP contribution in [0.3, 0.4) is 0 Å². The van der Waals surface area contributed by atoms with Gasteiger partial charge in [-0.25, -0.2) is 4.39 Å².